The van der Waals surface area contributed by atoms with Gasteiger partial charge in [-0.25, -0.2) is 15.0 Å². The van der Waals surface area contributed by atoms with Gasteiger partial charge in [0.15, 0.2) is 5.78 Å². The lowest BCUT2D eigenvalue weighted by atomic mass is 9.85. The highest BCUT2D eigenvalue weighted by Gasteiger charge is 2.51. The average Bonchev–Trinajstić information content (AvgIpc) is 3.76. The van der Waals surface area contributed by atoms with Gasteiger partial charge in [0.25, 0.3) is 0 Å². The Bertz CT molecular complexity index is 1870. The molecule has 45 heavy (non-hydrogen) atoms. The van der Waals surface area contributed by atoms with E-state index < -0.39 is 23.6 Å². The van der Waals surface area contributed by atoms with Gasteiger partial charge in [0.2, 0.25) is 0 Å². The van der Waals surface area contributed by atoms with Gasteiger partial charge < -0.3 is 25.1 Å². The zero-order chi connectivity index (χ0) is 32.3. The zero-order valence-electron chi connectivity index (χ0n) is 25.8. The number of aliphatic hydroxyl groups is 1. The number of aliphatic carboxylic acids is 1. The Balaban J connectivity index is 1.69. The molecule has 2 N–H and O–H groups in total. The lowest BCUT2D eigenvalue weighted by molar-refractivity contribution is -0.306. The lowest BCUT2D eigenvalue weighted by Crippen LogP contribution is -2.27. The van der Waals surface area contributed by atoms with Crippen molar-refractivity contribution >= 4 is 34.9 Å². The molecular weight excluding hydrogens is 572 g/mol. The fourth-order valence-corrected chi connectivity index (χ4v) is 6.99. The van der Waals surface area contributed by atoms with Crippen molar-refractivity contribution in [3.63, 3.8) is 0 Å². The molecule has 6 rings (SSSR count). The summed E-state index contributed by atoms with van der Waals surface area (Å²) in [5, 5.41) is 25.4. The summed E-state index contributed by atoms with van der Waals surface area (Å²) in [5.74, 6) is -4.19. The number of carboxylic acids is 1. The van der Waals surface area contributed by atoms with Gasteiger partial charge in [0.1, 0.15) is 5.92 Å². The van der Waals surface area contributed by atoms with E-state index in [0.29, 0.717) is 68.6 Å². The first kappa shape index (κ1) is 29.9. The molecule has 1 aliphatic carbocycles. The minimum atomic E-state index is -1.25. The highest BCUT2D eigenvalue weighted by molar-refractivity contribution is 6.42. The normalized spacial score (nSPS) is 26.2. The van der Waals surface area contributed by atoms with Gasteiger partial charge in [-0.2, -0.15) is 0 Å². The molecule has 1 saturated carbocycles. The zero-order valence-corrected chi connectivity index (χ0v) is 25.8. The maximum absolute atomic E-state index is 14.0. The molecule has 0 aromatic rings. The number of ketones is 1. The van der Waals surface area contributed by atoms with Crippen molar-refractivity contribution < 1.29 is 29.3 Å². The quantitative estimate of drug-likeness (QED) is 0.264. The van der Waals surface area contributed by atoms with E-state index >= 15 is 0 Å². The summed E-state index contributed by atoms with van der Waals surface area (Å²) in [5.41, 5.74) is 8.98. The second kappa shape index (κ2) is 11.1. The van der Waals surface area contributed by atoms with Gasteiger partial charge in [0, 0.05) is 51.5 Å². The first-order valence-corrected chi connectivity index (χ1v) is 14.9. The number of aliphatic imine (C=N–C) groups is 3. The minimum absolute atomic E-state index is 0.209. The molecule has 10 nitrogen and oxygen atoms in total. The number of esters is 1. The third-order valence-corrected chi connectivity index (χ3v) is 9.39. The second-order valence-electron chi connectivity index (χ2n) is 11.7. The summed E-state index contributed by atoms with van der Waals surface area (Å²) >= 11 is 0. The van der Waals surface area contributed by atoms with Crippen LogP contribution in [-0.4, -0.2) is 47.1 Å². The molecule has 6 aliphatic rings. The lowest BCUT2D eigenvalue weighted by Gasteiger charge is -2.19. The summed E-state index contributed by atoms with van der Waals surface area (Å²) in [4.78, 5) is 53.5. The van der Waals surface area contributed by atoms with E-state index in [1.54, 1.807) is 19.1 Å². The van der Waals surface area contributed by atoms with E-state index in [9.17, 15) is 24.6 Å². The predicted molar refractivity (Wildman–Crippen MR) is 168 cm³/mol. The van der Waals surface area contributed by atoms with Crippen LogP contribution in [-0.2, 0) is 19.1 Å². The van der Waals surface area contributed by atoms with E-state index in [2.05, 4.69) is 11.9 Å². The number of carbonyl (C=O) groups excluding carboxylic acids is 3. The Morgan fingerprint density at radius 3 is 2.51 bits per heavy atom. The molecule has 0 aromatic carbocycles. The summed E-state index contributed by atoms with van der Waals surface area (Å²) in [7, 11) is 1.23. The van der Waals surface area contributed by atoms with E-state index in [1.165, 1.54) is 7.11 Å². The first-order chi connectivity index (χ1) is 21.5. The molecule has 0 aromatic heterocycles. The van der Waals surface area contributed by atoms with E-state index in [0.717, 1.165) is 28.7 Å². The molecule has 0 spiro atoms. The van der Waals surface area contributed by atoms with Gasteiger partial charge in [-0.3, -0.25) is 9.59 Å². The van der Waals surface area contributed by atoms with Gasteiger partial charge in [-0.05, 0) is 68.1 Å². The molecule has 5 heterocycles. The van der Waals surface area contributed by atoms with Crippen LogP contribution < -0.4 is 10.4 Å². The van der Waals surface area contributed by atoms with Gasteiger partial charge in [-0.1, -0.05) is 26.5 Å². The Labute approximate surface area is 260 Å². The van der Waals surface area contributed by atoms with E-state index in [1.807, 2.05) is 32.9 Å². The number of carbonyl (C=O) groups is 3. The molecular formula is C35H33N4O6-. The van der Waals surface area contributed by atoms with Crippen molar-refractivity contribution in [2.75, 3.05) is 7.11 Å². The maximum Gasteiger partial charge on any atom is 0.321 e. The number of aliphatic hydroxyl groups excluding tert-OH is 1. The van der Waals surface area contributed by atoms with Crippen molar-refractivity contribution in [2.45, 2.75) is 47.0 Å². The largest absolute Gasteiger partial charge is 0.550 e. The number of ether oxygens (including phenoxy) is 1. The third-order valence-electron chi connectivity index (χ3n) is 9.39. The number of carboxylic acid groups (broad SMARTS) is 1. The standard InChI is InChI=1S/C35H34N4O6/c1-7-18-15(3)22-11-23-16(4)20(9-10-28(41)42)32(38-23)30-31(35(44)45-6)34(43)29-17(5)24(39-33(29)30)12-26-19(8-2)21(14-40)27(37-26)13-25(18)36-22/h7,11-14,16,20,31,38,40H,1,8-10H2,2-6H3,(H,41,42)/p-1/b21-14-,23-11?,24-12?,25-13?,32-30?/t16-,20-,31+/m0/s1. The number of methoxy groups -OCH3 is 1. The van der Waals surface area contributed by atoms with Crippen LogP contribution in [0.2, 0.25) is 0 Å². The smallest absolute Gasteiger partial charge is 0.321 e. The number of Topliss-reactive ketones (excluding diaryl/α,β-unsaturated/α-hetero) is 1. The minimum Gasteiger partial charge on any atom is -0.550 e. The Morgan fingerprint density at radius 2 is 1.87 bits per heavy atom. The van der Waals surface area contributed by atoms with Gasteiger partial charge in [0.05, 0.1) is 47.6 Å². The van der Waals surface area contributed by atoms with E-state index in [4.69, 9.17) is 19.7 Å². The van der Waals surface area contributed by atoms with Gasteiger partial charge in [-0.15, -0.1) is 0 Å². The molecule has 0 amide bonds. The monoisotopic (exact) mass is 605 g/mol. The number of fused-ring (bicyclic) bond motifs is 5. The summed E-state index contributed by atoms with van der Waals surface area (Å²) in [6.45, 7) is 11.7. The second-order valence-corrected chi connectivity index (χ2v) is 11.7. The van der Waals surface area contributed by atoms with Crippen LogP contribution in [0.1, 0.15) is 47.0 Å². The molecule has 0 radical (unpaired) electrons. The van der Waals surface area contributed by atoms with Crippen LogP contribution in [0.5, 0.6) is 0 Å². The van der Waals surface area contributed by atoms with Crippen molar-refractivity contribution in [3.05, 3.63) is 105 Å². The Kier molecular flexibility index (Phi) is 7.39. The number of rotatable bonds is 6. The highest BCUT2D eigenvalue weighted by Crippen LogP contribution is 2.47. The van der Waals surface area contributed by atoms with Crippen LogP contribution in [0.25, 0.3) is 0 Å². The summed E-state index contributed by atoms with van der Waals surface area (Å²) in [6.07, 6.45) is 8.87. The van der Waals surface area contributed by atoms with E-state index in [-0.39, 0.29) is 24.7 Å². The van der Waals surface area contributed by atoms with Crippen molar-refractivity contribution in [3.8, 4) is 0 Å². The number of hydrogen-bond donors (Lipinski definition) is 2. The fraction of sp³-hybridized carbons (Fsp3) is 0.314. The molecule has 0 unspecified atom stereocenters. The van der Waals surface area contributed by atoms with Crippen LogP contribution in [0.4, 0.5) is 0 Å². The van der Waals surface area contributed by atoms with Crippen LogP contribution in [0.3, 0.4) is 0 Å². The number of hydrogen-bond acceptors (Lipinski definition) is 10. The third kappa shape index (κ3) is 4.54. The predicted octanol–water partition coefficient (Wildman–Crippen LogP) is 3.95. The molecule has 3 atom stereocenters. The van der Waals surface area contributed by atoms with Crippen LogP contribution in [0, 0.1) is 17.8 Å². The Morgan fingerprint density at radius 1 is 1.11 bits per heavy atom. The average molecular weight is 606 g/mol. The van der Waals surface area contributed by atoms with Gasteiger partial charge >= 0.3 is 5.97 Å². The van der Waals surface area contributed by atoms with Crippen molar-refractivity contribution in [1.29, 1.82) is 0 Å². The van der Waals surface area contributed by atoms with Crippen LogP contribution in [0.15, 0.2) is 120 Å². The Hall–Kier alpha value is -5.12. The molecule has 230 valence electrons. The van der Waals surface area contributed by atoms with Crippen LogP contribution >= 0.6 is 0 Å². The highest BCUT2D eigenvalue weighted by atomic mass is 16.5. The summed E-state index contributed by atoms with van der Waals surface area (Å²) in [6, 6.07) is 0. The topological polar surface area (TPSA) is 153 Å². The molecule has 2 fully saturated rings. The fourth-order valence-electron chi connectivity index (χ4n) is 6.99. The van der Waals surface area contributed by atoms with Crippen molar-refractivity contribution in [2.24, 2.45) is 32.7 Å². The summed E-state index contributed by atoms with van der Waals surface area (Å²) < 4.78 is 5.10. The first-order valence-electron chi connectivity index (χ1n) is 14.9. The SMILES string of the molecule is C=CC1=C(C)C2=NC1=CC1=NC(=C(CC)/C1=C/O)C=C1N=C3C(=C1C)C(=O)[C@H](C(=O)OC)C3=C1NC(=C2)[C@@H](C)[C@@H]1CCC(=O)[O-]. The molecule has 1 saturated heterocycles. The maximum atomic E-state index is 14.0. The molecule has 8 bridgehead atoms. The number of nitrogens with zero attached hydrogens (tertiary/aromatic N) is 3. The number of nitrogens with one attached hydrogen (secondary N) is 1. The molecule has 10 heteroatoms. The van der Waals surface area contributed by atoms with Crippen molar-refractivity contribution in [1.82, 2.24) is 5.32 Å². The molecule has 5 aliphatic heterocycles. The number of allylic oxidation sites excluding steroid dienone is 11.